The number of aromatic nitrogens is 2. The van der Waals surface area contributed by atoms with E-state index in [9.17, 15) is 0 Å². The van der Waals surface area contributed by atoms with E-state index in [2.05, 4.69) is 12.0 Å². The van der Waals surface area contributed by atoms with Gasteiger partial charge in [-0.3, -0.25) is 4.68 Å². The van der Waals surface area contributed by atoms with E-state index in [0.29, 0.717) is 6.61 Å². The maximum absolute atomic E-state index is 8.57. The van der Waals surface area contributed by atoms with Crippen LogP contribution in [0.5, 0.6) is 5.75 Å². The summed E-state index contributed by atoms with van der Waals surface area (Å²) in [6.07, 6.45) is 6.39. The molecule has 0 aliphatic rings. The third-order valence-electron chi connectivity index (χ3n) is 1.88. The minimum atomic E-state index is 0.235. The third-order valence-corrected chi connectivity index (χ3v) is 1.88. The van der Waals surface area contributed by atoms with E-state index in [4.69, 9.17) is 9.84 Å². The summed E-state index contributed by atoms with van der Waals surface area (Å²) in [6.45, 7) is 3.93. The molecule has 0 aromatic carbocycles. The zero-order valence-corrected chi connectivity index (χ0v) is 8.65. The van der Waals surface area contributed by atoms with Gasteiger partial charge in [0, 0.05) is 13.2 Å². The van der Waals surface area contributed by atoms with Gasteiger partial charge in [0.05, 0.1) is 19.0 Å². The standard InChI is InChI=1S/C10H18N2O2/c1-2-5-12-9-10(8-11-12)14-7-4-3-6-13/h8-9,13H,2-7H2,1H3. The molecule has 4 nitrogen and oxygen atoms in total. The summed E-state index contributed by atoms with van der Waals surface area (Å²) in [5, 5.41) is 12.7. The molecule has 1 rings (SSSR count). The molecule has 0 unspecified atom stereocenters. The minimum Gasteiger partial charge on any atom is -0.490 e. The number of rotatable bonds is 7. The van der Waals surface area contributed by atoms with Gasteiger partial charge in [0.2, 0.25) is 0 Å². The lowest BCUT2D eigenvalue weighted by Gasteiger charge is -2.01. The second-order valence-electron chi connectivity index (χ2n) is 3.22. The molecule has 14 heavy (non-hydrogen) atoms. The van der Waals surface area contributed by atoms with Crippen LogP contribution < -0.4 is 4.74 Å². The molecular weight excluding hydrogens is 180 g/mol. The number of nitrogens with zero attached hydrogens (tertiary/aromatic N) is 2. The zero-order valence-electron chi connectivity index (χ0n) is 8.65. The van der Waals surface area contributed by atoms with E-state index in [0.717, 1.165) is 31.6 Å². The Kier molecular flexibility index (Phi) is 5.07. The number of hydrogen-bond donors (Lipinski definition) is 1. The first-order chi connectivity index (χ1) is 6.86. The SMILES string of the molecule is CCCn1cc(OCCCCO)cn1. The van der Waals surface area contributed by atoms with E-state index in [1.807, 2.05) is 10.9 Å². The molecule has 0 aliphatic carbocycles. The van der Waals surface area contributed by atoms with E-state index in [-0.39, 0.29) is 6.61 Å². The van der Waals surface area contributed by atoms with E-state index in [1.54, 1.807) is 6.20 Å². The quantitative estimate of drug-likeness (QED) is 0.674. The van der Waals surface area contributed by atoms with Crippen molar-refractivity contribution in [2.24, 2.45) is 0 Å². The van der Waals surface area contributed by atoms with Crippen molar-refractivity contribution >= 4 is 0 Å². The van der Waals surface area contributed by atoms with Crippen LogP contribution in [0.2, 0.25) is 0 Å². The monoisotopic (exact) mass is 198 g/mol. The van der Waals surface area contributed by atoms with Crippen molar-refractivity contribution in [2.75, 3.05) is 13.2 Å². The molecule has 0 fully saturated rings. The number of aryl methyl sites for hydroxylation is 1. The average molecular weight is 198 g/mol. The van der Waals surface area contributed by atoms with Crippen molar-refractivity contribution in [3.8, 4) is 5.75 Å². The summed E-state index contributed by atoms with van der Waals surface area (Å²) in [7, 11) is 0. The molecule has 1 N–H and O–H groups in total. The average Bonchev–Trinajstić information content (AvgIpc) is 2.61. The van der Waals surface area contributed by atoms with Gasteiger partial charge in [0.15, 0.2) is 5.75 Å². The molecule has 1 aromatic heterocycles. The number of aliphatic hydroxyl groups excluding tert-OH is 1. The largest absolute Gasteiger partial charge is 0.490 e. The highest BCUT2D eigenvalue weighted by molar-refractivity contribution is 5.11. The summed E-state index contributed by atoms with van der Waals surface area (Å²) in [5.74, 6) is 0.816. The van der Waals surface area contributed by atoms with Crippen LogP contribution in [0.1, 0.15) is 26.2 Å². The molecule has 0 bridgehead atoms. The molecule has 0 saturated heterocycles. The number of hydrogen-bond acceptors (Lipinski definition) is 3. The van der Waals surface area contributed by atoms with Crippen LogP contribution in [0.25, 0.3) is 0 Å². The van der Waals surface area contributed by atoms with Crippen molar-refractivity contribution < 1.29 is 9.84 Å². The van der Waals surface area contributed by atoms with Gasteiger partial charge in [-0.25, -0.2) is 0 Å². The van der Waals surface area contributed by atoms with Crippen molar-refractivity contribution in [1.82, 2.24) is 9.78 Å². The second kappa shape index (κ2) is 6.43. The Hall–Kier alpha value is -1.03. The molecule has 80 valence electrons. The predicted octanol–water partition coefficient (Wildman–Crippen LogP) is 1.44. The molecule has 0 atom stereocenters. The summed E-state index contributed by atoms with van der Waals surface area (Å²) in [5.41, 5.74) is 0. The van der Waals surface area contributed by atoms with Gasteiger partial charge >= 0.3 is 0 Å². The van der Waals surface area contributed by atoms with E-state index < -0.39 is 0 Å². The van der Waals surface area contributed by atoms with Crippen LogP contribution in [0.3, 0.4) is 0 Å². The summed E-state index contributed by atoms with van der Waals surface area (Å²) in [6, 6.07) is 0. The molecule has 1 heterocycles. The van der Waals surface area contributed by atoms with Crippen LogP contribution in [0.15, 0.2) is 12.4 Å². The maximum atomic E-state index is 8.57. The fourth-order valence-electron chi connectivity index (χ4n) is 1.17. The maximum Gasteiger partial charge on any atom is 0.157 e. The highest BCUT2D eigenvalue weighted by Gasteiger charge is 1.97. The predicted molar refractivity (Wildman–Crippen MR) is 54.3 cm³/mol. The third kappa shape index (κ3) is 3.79. The first-order valence-electron chi connectivity index (χ1n) is 5.13. The summed E-state index contributed by atoms with van der Waals surface area (Å²) >= 11 is 0. The summed E-state index contributed by atoms with van der Waals surface area (Å²) in [4.78, 5) is 0. The van der Waals surface area contributed by atoms with Crippen LogP contribution in [-0.2, 0) is 6.54 Å². The molecule has 0 spiro atoms. The minimum absolute atomic E-state index is 0.235. The Labute approximate surface area is 84.5 Å². The normalized spacial score (nSPS) is 10.4. The van der Waals surface area contributed by atoms with Gasteiger partial charge < -0.3 is 9.84 Å². The summed E-state index contributed by atoms with van der Waals surface area (Å²) < 4.78 is 7.32. The van der Waals surface area contributed by atoms with Gasteiger partial charge in [-0.2, -0.15) is 5.10 Å². The topological polar surface area (TPSA) is 47.3 Å². The Morgan fingerprint density at radius 1 is 1.50 bits per heavy atom. The molecule has 4 heteroatoms. The van der Waals surface area contributed by atoms with Crippen LogP contribution in [0, 0.1) is 0 Å². The zero-order chi connectivity index (χ0) is 10.2. The van der Waals surface area contributed by atoms with E-state index >= 15 is 0 Å². The number of ether oxygens (including phenoxy) is 1. The lowest BCUT2D eigenvalue weighted by Crippen LogP contribution is -1.98. The van der Waals surface area contributed by atoms with Crippen LogP contribution >= 0.6 is 0 Å². The van der Waals surface area contributed by atoms with Gasteiger partial charge in [0.1, 0.15) is 0 Å². The lowest BCUT2D eigenvalue weighted by atomic mass is 10.3. The van der Waals surface area contributed by atoms with Gasteiger partial charge in [-0.05, 0) is 19.3 Å². The number of aliphatic hydroxyl groups is 1. The Bertz CT molecular complexity index is 248. The molecule has 1 aromatic rings. The van der Waals surface area contributed by atoms with Crippen molar-refractivity contribution in [3.63, 3.8) is 0 Å². The highest BCUT2D eigenvalue weighted by atomic mass is 16.5. The fraction of sp³-hybridized carbons (Fsp3) is 0.700. The van der Waals surface area contributed by atoms with Crippen molar-refractivity contribution in [3.05, 3.63) is 12.4 Å². The first kappa shape index (κ1) is 11.0. The lowest BCUT2D eigenvalue weighted by molar-refractivity contribution is 0.253. The first-order valence-corrected chi connectivity index (χ1v) is 5.13. The highest BCUT2D eigenvalue weighted by Crippen LogP contribution is 2.08. The molecule has 0 aliphatic heterocycles. The fourth-order valence-corrected chi connectivity index (χ4v) is 1.17. The van der Waals surface area contributed by atoms with Crippen LogP contribution in [-0.4, -0.2) is 28.1 Å². The second-order valence-corrected chi connectivity index (χ2v) is 3.22. The van der Waals surface area contributed by atoms with E-state index in [1.165, 1.54) is 0 Å². The molecule has 0 radical (unpaired) electrons. The van der Waals surface area contributed by atoms with Crippen molar-refractivity contribution in [1.29, 1.82) is 0 Å². The van der Waals surface area contributed by atoms with Crippen LogP contribution in [0.4, 0.5) is 0 Å². The van der Waals surface area contributed by atoms with Gasteiger partial charge in [-0.15, -0.1) is 0 Å². The Morgan fingerprint density at radius 3 is 3.07 bits per heavy atom. The molecular formula is C10H18N2O2. The van der Waals surface area contributed by atoms with Gasteiger partial charge in [-0.1, -0.05) is 6.92 Å². The number of unbranched alkanes of at least 4 members (excludes halogenated alkanes) is 1. The Balaban J connectivity index is 2.22. The van der Waals surface area contributed by atoms with Crippen molar-refractivity contribution in [2.45, 2.75) is 32.7 Å². The smallest absolute Gasteiger partial charge is 0.157 e. The molecule has 0 amide bonds. The Morgan fingerprint density at radius 2 is 2.36 bits per heavy atom. The van der Waals surface area contributed by atoms with Gasteiger partial charge in [0.25, 0.3) is 0 Å². The molecule has 0 saturated carbocycles.